The Bertz CT molecular complexity index is 495. The molecule has 0 aliphatic heterocycles. The maximum Gasteiger partial charge on any atom is 0.276 e. The summed E-state index contributed by atoms with van der Waals surface area (Å²) in [7, 11) is 0. The van der Waals surface area contributed by atoms with Crippen molar-refractivity contribution in [2.75, 3.05) is 12.8 Å². The van der Waals surface area contributed by atoms with Crippen LogP contribution in [0.1, 0.15) is 5.56 Å². The lowest BCUT2D eigenvalue weighted by Crippen LogP contribution is -2.24. The highest BCUT2D eigenvalue weighted by molar-refractivity contribution is 7.98. The molecule has 0 amide bonds. The number of azide groups is 1. The number of aromatic nitrogens is 2. The summed E-state index contributed by atoms with van der Waals surface area (Å²) in [5.41, 5.74) is 8.39. The summed E-state index contributed by atoms with van der Waals surface area (Å²) in [6.45, 7) is 1.90. The van der Waals surface area contributed by atoms with Crippen LogP contribution in [-0.2, 0) is 6.54 Å². The zero-order valence-electron chi connectivity index (χ0n) is 9.57. The summed E-state index contributed by atoms with van der Waals surface area (Å²) in [6.07, 6.45) is 2.65. The van der Waals surface area contributed by atoms with Crippen LogP contribution in [-0.4, -0.2) is 33.6 Å². The standard InChI is InChI=1S/C9H13N5O2S/c1-6-4-14(5-7(15)3-11-13-10)9(17-2)12-8(6)16/h4,7,15H,3,5H2,1-2H3/t7-/m1/s1. The Kier molecular flexibility index (Phi) is 5.02. The van der Waals surface area contributed by atoms with Gasteiger partial charge in [0.05, 0.1) is 19.2 Å². The third kappa shape index (κ3) is 3.77. The molecule has 17 heavy (non-hydrogen) atoms. The SMILES string of the molecule is CSc1nc(=O)c(C)cn1C[C@H](O)CN=[N+]=[N-]. The largest absolute Gasteiger partial charge is 0.391 e. The van der Waals surface area contributed by atoms with Crippen molar-refractivity contribution in [1.82, 2.24) is 9.55 Å². The zero-order chi connectivity index (χ0) is 12.8. The van der Waals surface area contributed by atoms with Gasteiger partial charge in [-0.3, -0.25) is 4.79 Å². The molecule has 0 aliphatic rings. The van der Waals surface area contributed by atoms with Crippen molar-refractivity contribution >= 4 is 11.8 Å². The Morgan fingerprint density at radius 2 is 2.47 bits per heavy atom. The van der Waals surface area contributed by atoms with Crippen LogP contribution in [0.3, 0.4) is 0 Å². The average Bonchev–Trinajstić information content (AvgIpc) is 2.31. The van der Waals surface area contributed by atoms with Crippen molar-refractivity contribution in [3.63, 3.8) is 0 Å². The molecule has 1 N–H and O–H groups in total. The van der Waals surface area contributed by atoms with E-state index in [1.807, 2.05) is 0 Å². The molecule has 0 aliphatic carbocycles. The first-order valence-corrected chi connectivity index (χ1v) is 6.12. The first kappa shape index (κ1) is 13.6. The van der Waals surface area contributed by atoms with Gasteiger partial charge in [-0.05, 0) is 18.7 Å². The fourth-order valence-electron chi connectivity index (χ4n) is 1.29. The summed E-state index contributed by atoms with van der Waals surface area (Å²) in [5, 5.41) is 13.4. The van der Waals surface area contributed by atoms with E-state index in [0.717, 1.165) is 0 Å². The van der Waals surface area contributed by atoms with Gasteiger partial charge in [0, 0.05) is 16.7 Å². The lowest BCUT2D eigenvalue weighted by Gasteiger charge is -2.14. The average molecular weight is 255 g/mol. The maximum absolute atomic E-state index is 11.3. The van der Waals surface area contributed by atoms with Gasteiger partial charge in [-0.15, -0.1) is 0 Å². The van der Waals surface area contributed by atoms with E-state index in [-0.39, 0.29) is 18.6 Å². The first-order chi connectivity index (χ1) is 8.08. The first-order valence-electron chi connectivity index (χ1n) is 4.89. The number of rotatable bonds is 5. The van der Waals surface area contributed by atoms with Crippen LogP contribution in [0.5, 0.6) is 0 Å². The molecular weight excluding hydrogens is 242 g/mol. The van der Waals surface area contributed by atoms with Crippen LogP contribution in [0, 0.1) is 6.92 Å². The van der Waals surface area contributed by atoms with E-state index >= 15 is 0 Å². The van der Waals surface area contributed by atoms with Crippen LogP contribution in [0.2, 0.25) is 0 Å². The van der Waals surface area contributed by atoms with E-state index in [0.29, 0.717) is 10.7 Å². The van der Waals surface area contributed by atoms with Crippen LogP contribution >= 0.6 is 11.8 Å². The fourth-order valence-corrected chi connectivity index (χ4v) is 1.83. The molecule has 1 aromatic rings. The molecule has 1 aromatic heterocycles. The minimum Gasteiger partial charge on any atom is -0.391 e. The van der Waals surface area contributed by atoms with E-state index in [9.17, 15) is 9.90 Å². The van der Waals surface area contributed by atoms with Crippen LogP contribution in [0.25, 0.3) is 10.4 Å². The molecule has 8 heteroatoms. The molecule has 0 spiro atoms. The van der Waals surface area contributed by atoms with Gasteiger partial charge in [-0.1, -0.05) is 16.9 Å². The number of hydrogen-bond acceptors (Lipinski definition) is 5. The molecular formula is C9H13N5O2S. The highest BCUT2D eigenvalue weighted by atomic mass is 32.2. The number of thioether (sulfide) groups is 1. The van der Waals surface area contributed by atoms with Crippen LogP contribution in [0.15, 0.2) is 21.3 Å². The second-order valence-corrected chi connectivity index (χ2v) is 4.21. The van der Waals surface area contributed by atoms with Gasteiger partial charge >= 0.3 is 0 Å². The molecule has 0 unspecified atom stereocenters. The normalized spacial score (nSPS) is 11.9. The summed E-state index contributed by atoms with van der Waals surface area (Å²) >= 11 is 1.32. The predicted molar refractivity (Wildman–Crippen MR) is 65.0 cm³/mol. The third-order valence-electron chi connectivity index (χ3n) is 2.08. The number of aliphatic hydroxyl groups excluding tert-OH is 1. The molecule has 0 aromatic carbocycles. The second kappa shape index (κ2) is 6.29. The molecule has 0 saturated heterocycles. The Morgan fingerprint density at radius 3 is 3.06 bits per heavy atom. The second-order valence-electron chi connectivity index (χ2n) is 3.44. The van der Waals surface area contributed by atoms with Crippen molar-refractivity contribution < 1.29 is 5.11 Å². The van der Waals surface area contributed by atoms with Crippen molar-refractivity contribution in [2.24, 2.45) is 5.11 Å². The molecule has 0 fully saturated rings. The maximum atomic E-state index is 11.3. The quantitative estimate of drug-likeness (QED) is 0.278. The topological polar surface area (TPSA) is 104 Å². The van der Waals surface area contributed by atoms with E-state index in [4.69, 9.17) is 5.53 Å². The van der Waals surface area contributed by atoms with E-state index < -0.39 is 6.10 Å². The Morgan fingerprint density at radius 1 is 1.76 bits per heavy atom. The van der Waals surface area contributed by atoms with Crippen molar-refractivity contribution in [3.05, 3.63) is 32.6 Å². The van der Waals surface area contributed by atoms with Gasteiger partial charge in [0.1, 0.15) is 0 Å². The van der Waals surface area contributed by atoms with Crippen LogP contribution in [0.4, 0.5) is 0 Å². The lowest BCUT2D eigenvalue weighted by molar-refractivity contribution is 0.157. The van der Waals surface area contributed by atoms with Crippen molar-refractivity contribution in [2.45, 2.75) is 24.7 Å². The Hall–Kier alpha value is -1.50. The van der Waals surface area contributed by atoms with E-state index in [2.05, 4.69) is 15.0 Å². The fraction of sp³-hybridized carbons (Fsp3) is 0.556. The third-order valence-corrected chi connectivity index (χ3v) is 2.77. The zero-order valence-corrected chi connectivity index (χ0v) is 10.4. The molecule has 1 atom stereocenters. The van der Waals surface area contributed by atoms with Crippen molar-refractivity contribution in [3.8, 4) is 0 Å². The van der Waals surface area contributed by atoms with Gasteiger partial charge in [0.25, 0.3) is 5.56 Å². The number of aliphatic hydroxyl groups is 1. The minimum absolute atomic E-state index is 0.00447. The van der Waals surface area contributed by atoms with Crippen molar-refractivity contribution in [1.29, 1.82) is 0 Å². The molecule has 0 radical (unpaired) electrons. The monoisotopic (exact) mass is 255 g/mol. The summed E-state index contributed by atoms with van der Waals surface area (Å²) < 4.78 is 1.68. The van der Waals surface area contributed by atoms with Gasteiger partial charge in [0.2, 0.25) is 0 Å². The molecule has 92 valence electrons. The highest BCUT2D eigenvalue weighted by Gasteiger charge is 2.09. The van der Waals surface area contributed by atoms with E-state index in [1.54, 1.807) is 23.9 Å². The Labute approximate surface area is 102 Å². The number of nitrogens with zero attached hydrogens (tertiary/aromatic N) is 5. The smallest absolute Gasteiger partial charge is 0.276 e. The van der Waals surface area contributed by atoms with Gasteiger partial charge < -0.3 is 9.67 Å². The lowest BCUT2D eigenvalue weighted by atomic mass is 10.3. The summed E-state index contributed by atoms with van der Waals surface area (Å²) in [5.74, 6) is 0. The van der Waals surface area contributed by atoms with E-state index in [1.165, 1.54) is 11.8 Å². The number of aryl methyl sites for hydroxylation is 1. The van der Waals surface area contributed by atoms with Gasteiger partial charge in [0.15, 0.2) is 5.16 Å². The molecule has 1 rings (SSSR count). The minimum atomic E-state index is -0.791. The molecule has 1 heterocycles. The Balaban J connectivity index is 2.93. The highest BCUT2D eigenvalue weighted by Crippen LogP contribution is 2.11. The molecule has 0 saturated carbocycles. The molecule has 0 bridgehead atoms. The molecule has 7 nitrogen and oxygen atoms in total. The summed E-state index contributed by atoms with van der Waals surface area (Å²) in [4.78, 5) is 17.8. The predicted octanol–water partition coefficient (Wildman–Crippen LogP) is 0.945. The van der Waals surface area contributed by atoms with Crippen LogP contribution < -0.4 is 5.56 Å². The van der Waals surface area contributed by atoms with Gasteiger partial charge in [-0.2, -0.15) is 4.98 Å². The van der Waals surface area contributed by atoms with Gasteiger partial charge in [-0.25, -0.2) is 0 Å². The number of hydrogen-bond donors (Lipinski definition) is 1. The summed E-state index contributed by atoms with van der Waals surface area (Å²) in [6, 6.07) is 0.